The number of hydrogen-bond acceptors (Lipinski definition) is 3. The van der Waals surface area contributed by atoms with Crippen LogP contribution in [0.4, 0.5) is 0 Å². The minimum absolute atomic E-state index is 0.291. The molecule has 5 nitrogen and oxygen atoms in total. The lowest BCUT2D eigenvalue weighted by molar-refractivity contribution is 0.530. The van der Waals surface area contributed by atoms with Crippen molar-refractivity contribution in [1.82, 2.24) is 24.9 Å². The molecular weight excluding hydrogens is 226 g/mol. The Morgan fingerprint density at radius 1 is 1.44 bits per heavy atom. The van der Waals surface area contributed by atoms with Crippen LogP contribution in [0.2, 0.25) is 0 Å². The number of nitrogens with zero attached hydrogens (tertiary/aromatic N) is 4. The molecule has 0 aromatic carbocycles. The standard InChI is InChI=1S/C13H21N5/c1-5-18-12(6-7-15-18)8-14-10(2)13-9-17(4)16-11(13)3/h6-7,9-10,14H,5,8H2,1-4H3. The van der Waals surface area contributed by atoms with Gasteiger partial charge in [-0.05, 0) is 26.8 Å². The van der Waals surface area contributed by atoms with Gasteiger partial charge >= 0.3 is 0 Å². The van der Waals surface area contributed by atoms with E-state index in [-0.39, 0.29) is 0 Å². The lowest BCUT2D eigenvalue weighted by atomic mass is 10.1. The molecule has 0 aliphatic rings. The highest BCUT2D eigenvalue weighted by atomic mass is 15.3. The van der Waals surface area contributed by atoms with E-state index < -0.39 is 0 Å². The molecule has 0 fully saturated rings. The molecule has 2 aromatic rings. The van der Waals surface area contributed by atoms with Gasteiger partial charge in [-0.2, -0.15) is 10.2 Å². The fraction of sp³-hybridized carbons (Fsp3) is 0.538. The molecule has 0 saturated carbocycles. The van der Waals surface area contributed by atoms with Crippen LogP contribution < -0.4 is 5.32 Å². The Bertz CT molecular complexity index is 511. The summed E-state index contributed by atoms with van der Waals surface area (Å²) in [7, 11) is 1.95. The quantitative estimate of drug-likeness (QED) is 0.876. The largest absolute Gasteiger partial charge is 0.304 e. The minimum atomic E-state index is 0.291. The van der Waals surface area contributed by atoms with Gasteiger partial charge in [-0.3, -0.25) is 9.36 Å². The van der Waals surface area contributed by atoms with E-state index in [9.17, 15) is 0 Å². The average molecular weight is 247 g/mol. The van der Waals surface area contributed by atoms with Crippen molar-refractivity contribution >= 4 is 0 Å². The summed E-state index contributed by atoms with van der Waals surface area (Å²) in [6, 6.07) is 2.35. The molecule has 0 spiro atoms. The highest BCUT2D eigenvalue weighted by molar-refractivity contribution is 5.19. The van der Waals surface area contributed by atoms with Gasteiger partial charge in [-0.15, -0.1) is 0 Å². The summed E-state index contributed by atoms with van der Waals surface area (Å²) in [4.78, 5) is 0. The Morgan fingerprint density at radius 3 is 2.83 bits per heavy atom. The topological polar surface area (TPSA) is 47.7 Å². The van der Waals surface area contributed by atoms with Gasteiger partial charge in [0.2, 0.25) is 0 Å². The average Bonchev–Trinajstić information content (AvgIpc) is 2.92. The van der Waals surface area contributed by atoms with Crippen LogP contribution >= 0.6 is 0 Å². The van der Waals surface area contributed by atoms with Crippen molar-refractivity contribution in [2.24, 2.45) is 7.05 Å². The fourth-order valence-electron chi connectivity index (χ4n) is 2.21. The molecule has 0 saturated heterocycles. The Balaban J connectivity index is 2.00. The van der Waals surface area contributed by atoms with Crippen LogP contribution in [0.1, 0.15) is 36.8 Å². The Kier molecular flexibility index (Phi) is 3.81. The maximum atomic E-state index is 4.37. The summed E-state index contributed by atoms with van der Waals surface area (Å²) in [6.07, 6.45) is 3.92. The van der Waals surface area contributed by atoms with E-state index in [0.29, 0.717) is 6.04 Å². The van der Waals surface area contributed by atoms with Crippen LogP contribution in [-0.4, -0.2) is 19.6 Å². The normalized spacial score (nSPS) is 12.9. The Hall–Kier alpha value is -1.62. The Morgan fingerprint density at radius 2 is 2.22 bits per heavy atom. The molecule has 0 aliphatic carbocycles. The lowest BCUT2D eigenvalue weighted by Crippen LogP contribution is -2.20. The molecular formula is C13H21N5. The van der Waals surface area contributed by atoms with Crippen molar-refractivity contribution in [3.8, 4) is 0 Å². The summed E-state index contributed by atoms with van der Waals surface area (Å²) in [5, 5.41) is 12.2. The van der Waals surface area contributed by atoms with Crippen molar-refractivity contribution in [2.45, 2.75) is 39.9 Å². The highest BCUT2D eigenvalue weighted by Crippen LogP contribution is 2.16. The predicted octanol–water partition coefficient (Wildman–Crippen LogP) is 1.80. The van der Waals surface area contributed by atoms with E-state index in [1.54, 1.807) is 0 Å². The molecule has 2 aromatic heterocycles. The summed E-state index contributed by atoms with van der Waals surface area (Å²) >= 11 is 0. The van der Waals surface area contributed by atoms with Gasteiger partial charge in [-0.25, -0.2) is 0 Å². The van der Waals surface area contributed by atoms with Gasteiger partial charge in [-0.1, -0.05) is 0 Å². The summed E-state index contributed by atoms with van der Waals surface area (Å²) in [6.45, 7) is 8.04. The molecule has 0 bridgehead atoms. The summed E-state index contributed by atoms with van der Waals surface area (Å²) in [5.41, 5.74) is 3.55. The molecule has 2 heterocycles. The second-order valence-corrected chi connectivity index (χ2v) is 4.58. The zero-order valence-electron chi connectivity index (χ0n) is 11.5. The SMILES string of the molecule is CCn1nccc1CNC(C)c1cn(C)nc1C. The molecule has 2 rings (SSSR count). The molecule has 0 amide bonds. The van der Waals surface area contributed by atoms with Crippen LogP contribution in [-0.2, 0) is 20.1 Å². The van der Waals surface area contributed by atoms with E-state index in [4.69, 9.17) is 0 Å². The van der Waals surface area contributed by atoms with E-state index in [0.717, 1.165) is 18.8 Å². The zero-order chi connectivity index (χ0) is 13.1. The van der Waals surface area contributed by atoms with E-state index in [2.05, 4.69) is 41.6 Å². The second kappa shape index (κ2) is 5.35. The third kappa shape index (κ3) is 2.61. The fourth-order valence-corrected chi connectivity index (χ4v) is 2.21. The van der Waals surface area contributed by atoms with Gasteiger partial charge in [0.1, 0.15) is 0 Å². The number of rotatable bonds is 5. The van der Waals surface area contributed by atoms with Crippen molar-refractivity contribution in [3.05, 3.63) is 35.4 Å². The van der Waals surface area contributed by atoms with Crippen LogP contribution in [0, 0.1) is 6.92 Å². The molecule has 1 N–H and O–H groups in total. The summed E-state index contributed by atoms with van der Waals surface area (Å²) < 4.78 is 3.87. The number of aryl methyl sites for hydroxylation is 3. The van der Waals surface area contributed by atoms with Crippen molar-refractivity contribution in [1.29, 1.82) is 0 Å². The van der Waals surface area contributed by atoms with Gasteiger partial charge in [0, 0.05) is 44.1 Å². The number of hydrogen-bond donors (Lipinski definition) is 1. The lowest BCUT2D eigenvalue weighted by Gasteiger charge is -2.13. The summed E-state index contributed by atoms with van der Waals surface area (Å²) in [5.74, 6) is 0. The molecule has 1 atom stereocenters. The molecule has 0 radical (unpaired) electrons. The molecule has 0 aliphatic heterocycles. The first kappa shape index (κ1) is 12.8. The van der Waals surface area contributed by atoms with Crippen LogP contribution in [0.5, 0.6) is 0 Å². The molecule has 5 heteroatoms. The third-order valence-corrected chi connectivity index (χ3v) is 3.21. The van der Waals surface area contributed by atoms with Crippen LogP contribution in [0.3, 0.4) is 0 Å². The smallest absolute Gasteiger partial charge is 0.0641 e. The number of nitrogens with one attached hydrogen (secondary N) is 1. The van der Waals surface area contributed by atoms with Crippen molar-refractivity contribution < 1.29 is 0 Å². The van der Waals surface area contributed by atoms with E-state index in [1.807, 2.05) is 29.5 Å². The van der Waals surface area contributed by atoms with Crippen LogP contribution in [0.25, 0.3) is 0 Å². The predicted molar refractivity (Wildman–Crippen MR) is 71.1 cm³/mol. The monoisotopic (exact) mass is 247 g/mol. The van der Waals surface area contributed by atoms with Gasteiger partial charge in [0.15, 0.2) is 0 Å². The maximum absolute atomic E-state index is 4.37. The van der Waals surface area contributed by atoms with Crippen LogP contribution in [0.15, 0.2) is 18.5 Å². The zero-order valence-corrected chi connectivity index (χ0v) is 11.5. The third-order valence-electron chi connectivity index (χ3n) is 3.21. The molecule has 1 unspecified atom stereocenters. The highest BCUT2D eigenvalue weighted by Gasteiger charge is 2.11. The van der Waals surface area contributed by atoms with Gasteiger partial charge < -0.3 is 5.32 Å². The van der Waals surface area contributed by atoms with E-state index >= 15 is 0 Å². The second-order valence-electron chi connectivity index (χ2n) is 4.58. The number of aromatic nitrogens is 4. The first-order valence-corrected chi connectivity index (χ1v) is 6.36. The Labute approximate surface area is 108 Å². The maximum Gasteiger partial charge on any atom is 0.0641 e. The molecule has 18 heavy (non-hydrogen) atoms. The van der Waals surface area contributed by atoms with Crippen molar-refractivity contribution in [3.63, 3.8) is 0 Å². The van der Waals surface area contributed by atoms with Crippen molar-refractivity contribution in [2.75, 3.05) is 0 Å². The molecule has 98 valence electrons. The van der Waals surface area contributed by atoms with E-state index in [1.165, 1.54) is 11.3 Å². The first-order valence-electron chi connectivity index (χ1n) is 6.36. The van der Waals surface area contributed by atoms with Gasteiger partial charge in [0.25, 0.3) is 0 Å². The first-order chi connectivity index (χ1) is 8.61. The minimum Gasteiger partial charge on any atom is -0.304 e. The van der Waals surface area contributed by atoms with Gasteiger partial charge in [0.05, 0.1) is 11.4 Å².